The molecule has 0 aliphatic heterocycles. The number of aliphatic hydroxyl groups excluding tert-OH is 1. The van der Waals surface area contributed by atoms with E-state index in [1.807, 2.05) is 18.2 Å². The largest absolute Gasteiger partial charge is 0.479 e. The highest BCUT2D eigenvalue weighted by Gasteiger charge is 2.18. The Morgan fingerprint density at radius 3 is 2.71 bits per heavy atom. The number of hydrogen-bond donors (Lipinski definition) is 2. The van der Waals surface area contributed by atoms with Crippen molar-refractivity contribution in [3.63, 3.8) is 0 Å². The zero-order chi connectivity index (χ0) is 17.4. The fourth-order valence-corrected chi connectivity index (χ4v) is 2.37. The van der Waals surface area contributed by atoms with Crippen LogP contribution in [0.4, 0.5) is 0 Å². The minimum atomic E-state index is -0.681. The Kier molecular flexibility index (Phi) is 7.03. The molecule has 6 heteroatoms. The van der Waals surface area contributed by atoms with E-state index in [4.69, 9.17) is 16.3 Å². The van der Waals surface area contributed by atoms with Gasteiger partial charge in [0.1, 0.15) is 5.75 Å². The zero-order valence-corrected chi connectivity index (χ0v) is 14.2. The summed E-state index contributed by atoms with van der Waals surface area (Å²) in [5.41, 5.74) is 0.881. The van der Waals surface area contributed by atoms with Gasteiger partial charge in [0.05, 0.1) is 5.02 Å². The standard InChI is InChI=1S/C18H21ClN2O3/c1-13(24-17-8-3-2-7-16(17)19)18(23)21-11-14(12-22)10-15-6-4-5-9-20-15/h2-9,13-14,22H,10-12H2,1H3,(H,21,23). The molecule has 2 unspecified atom stereocenters. The van der Waals surface area contributed by atoms with Gasteiger partial charge in [-0.2, -0.15) is 0 Å². The summed E-state index contributed by atoms with van der Waals surface area (Å²) in [5, 5.41) is 12.7. The predicted octanol–water partition coefficient (Wildman–Crippen LogP) is 2.47. The molecule has 0 fully saturated rings. The number of pyridine rings is 1. The monoisotopic (exact) mass is 348 g/mol. The van der Waals surface area contributed by atoms with E-state index < -0.39 is 6.10 Å². The van der Waals surface area contributed by atoms with Gasteiger partial charge in [-0.05, 0) is 37.6 Å². The van der Waals surface area contributed by atoms with Gasteiger partial charge in [-0.3, -0.25) is 9.78 Å². The second-order valence-corrected chi connectivity index (χ2v) is 5.92. The minimum absolute atomic E-state index is 0.0311. The Bertz CT molecular complexity index is 652. The van der Waals surface area contributed by atoms with Crippen LogP contribution in [0.15, 0.2) is 48.7 Å². The van der Waals surface area contributed by atoms with Gasteiger partial charge in [-0.15, -0.1) is 0 Å². The topological polar surface area (TPSA) is 71.5 Å². The number of carbonyl (C=O) groups is 1. The van der Waals surface area contributed by atoms with Crippen molar-refractivity contribution in [3.8, 4) is 5.75 Å². The number of halogens is 1. The number of aliphatic hydroxyl groups is 1. The molecule has 5 nitrogen and oxygen atoms in total. The zero-order valence-electron chi connectivity index (χ0n) is 13.5. The summed E-state index contributed by atoms with van der Waals surface area (Å²) in [4.78, 5) is 16.4. The lowest BCUT2D eigenvalue weighted by Gasteiger charge is -2.18. The molecule has 0 saturated carbocycles. The van der Waals surface area contributed by atoms with Gasteiger partial charge in [-0.25, -0.2) is 0 Å². The first kappa shape index (κ1) is 18.2. The highest BCUT2D eigenvalue weighted by atomic mass is 35.5. The number of ether oxygens (including phenoxy) is 1. The maximum Gasteiger partial charge on any atom is 0.260 e. The van der Waals surface area contributed by atoms with Crippen LogP contribution in [0.3, 0.4) is 0 Å². The summed E-state index contributed by atoms with van der Waals surface area (Å²) in [5.74, 6) is 0.111. The highest BCUT2D eigenvalue weighted by Crippen LogP contribution is 2.24. The lowest BCUT2D eigenvalue weighted by molar-refractivity contribution is -0.127. The van der Waals surface area contributed by atoms with Crippen molar-refractivity contribution in [1.29, 1.82) is 0 Å². The molecule has 2 N–H and O–H groups in total. The summed E-state index contributed by atoms with van der Waals surface area (Å²) in [6, 6.07) is 12.6. The summed E-state index contributed by atoms with van der Waals surface area (Å²) in [7, 11) is 0. The Balaban J connectivity index is 1.83. The molecule has 24 heavy (non-hydrogen) atoms. The van der Waals surface area contributed by atoms with E-state index in [0.717, 1.165) is 5.69 Å². The second-order valence-electron chi connectivity index (χ2n) is 5.51. The molecule has 1 amide bonds. The SMILES string of the molecule is CC(Oc1ccccc1Cl)C(=O)NCC(CO)Cc1ccccn1. The number of amides is 1. The number of benzene rings is 1. The molecule has 0 saturated heterocycles. The average molecular weight is 349 g/mol. The van der Waals surface area contributed by atoms with Crippen molar-refractivity contribution in [3.05, 3.63) is 59.4 Å². The van der Waals surface area contributed by atoms with Crippen LogP contribution in [0, 0.1) is 5.92 Å². The molecule has 2 rings (SSSR count). The molecule has 1 aromatic carbocycles. The average Bonchev–Trinajstić information content (AvgIpc) is 2.61. The number of hydrogen-bond acceptors (Lipinski definition) is 4. The number of nitrogens with zero attached hydrogens (tertiary/aromatic N) is 1. The molecule has 1 aromatic heterocycles. The van der Waals surface area contributed by atoms with E-state index in [-0.39, 0.29) is 18.4 Å². The molecular formula is C18H21ClN2O3. The van der Waals surface area contributed by atoms with Crippen LogP contribution >= 0.6 is 11.6 Å². The van der Waals surface area contributed by atoms with Gasteiger partial charge < -0.3 is 15.2 Å². The summed E-state index contributed by atoms with van der Waals surface area (Å²) < 4.78 is 5.57. The van der Waals surface area contributed by atoms with Crippen LogP contribution in [0.2, 0.25) is 5.02 Å². The van der Waals surface area contributed by atoms with E-state index in [0.29, 0.717) is 23.7 Å². The minimum Gasteiger partial charge on any atom is -0.479 e. The van der Waals surface area contributed by atoms with Crippen molar-refractivity contribution < 1.29 is 14.6 Å². The summed E-state index contributed by atoms with van der Waals surface area (Å²) >= 11 is 6.02. The molecule has 0 aliphatic rings. The molecule has 0 bridgehead atoms. The number of rotatable bonds is 8. The van der Waals surface area contributed by atoms with Crippen LogP contribution < -0.4 is 10.1 Å². The van der Waals surface area contributed by atoms with Crippen molar-refractivity contribution in [1.82, 2.24) is 10.3 Å². The third-order valence-electron chi connectivity index (χ3n) is 3.56. The first-order chi connectivity index (χ1) is 11.6. The maximum atomic E-state index is 12.2. The van der Waals surface area contributed by atoms with Gasteiger partial charge >= 0.3 is 0 Å². The molecule has 2 aromatic rings. The molecular weight excluding hydrogens is 328 g/mol. The summed E-state index contributed by atoms with van der Waals surface area (Å²) in [6.07, 6.45) is 1.62. The number of aromatic nitrogens is 1. The highest BCUT2D eigenvalue weighted by molar-refractivity contribution is 6.32. The molecule has 2 atom stereocenters. The van der Waals surface area contributed by atoms with Crippen LogP contribution in [0.5, 0.6) is 5.75 Å². The Labute approximate surface area is 146 Å². The van der Waals surface area contributed by atoms with E-state index in [1.54, 1.807) is 37.4 Å². The van der Waals surface area contributed by atoms with Gasteiger partial charge in [0.2, 0.25) is 0 Å². The van der Waals surface area contributed by atoms with Gasteiger partial charge in [0.25, 0.3) is 5.91 Å². The Morgan fingerprint density at radius 2 is 2.04 bits per heavy atom. The van der Waals surface area contributed by atoms with Crippen molar-refractivity contribution in [2.75, 3.05) is 13.2 Å². The third kappa shape index (κ3) is 5.51. The van der Waals surface area contributed by atoms with Crippen LogP contribution in [-0.2, 0) is 11.2 Å². The fraction of sp³-hybridized carbons (Fsp3) is 0.333. The van der Waals surface area contributed by atoms with Gasteiger partial charge in [0, 0.05) is 31.0 Å². The number of nitrogens with one attached hydrogen (secondary N) is 1. The lowest BCUT2D eigenvalue weighted by Crippen LogP contribution is -2.40. The quantitative estimate of drug-likeness (QED) is 0.768. The molecule has 0 spiro atoms. The maximum absolute atomic E-state index is 12.2. The third-order valence-corrected chi connectivity index (χ3v) is 3.87. The molecule has 128 valence electrons. The smallest absolute Gasteiger partial charge is 0.260 e. The second kappa shape index (κ2) is 9.25. The van der Waals surface area contributed by atoms with Crippen molar-refractivity contribution in [2.24, 2.45) is 5.92 Å². The van der Waals surface area contributed by atoms with Gasteiger partial charge in [-0.1, -0.05) is 29.8 Å². The Hall–Kier alpha value is -2.11. The molecule has 0 radical (unpaired) electrons. The van der Waals surface area contributed by atoms with Crippen LogP contribution in [0.25, 0.3) is 0 Å². The summed E-state index contributed by atoms with van der Waals surface area (Å²) in [6.45, 7) is 1.98. The molecule has 1 heterocycles. The lowest BCUT2D eigenvalue weighted by atomic mass is 10.0. The van der Waals surface area contributed by atoms with Crippen molar-refractivity contribution >= 4 is 17.5 Å². The predicted molar refractivity (Wildman–Crippen MR) is 93.1 cm³/mol. The van der Waals surface area contributed by atoms with E-state index in [9.17, 15) is 9.90 Å². The van der Waals surface area contributed by atoms with E-state index in [1.165, 1.54) is 0 Å². The molecule has 0 aliphatic carbocycles. The fourth-order valence-electron chi connectivity index (χ4n) is 2.19. The van der Waals surface area contributed by atoms with Crippen LogP contribution in [-0.4, -0.2) is 35.3 Å². The van der Waals surface area contributed by atoms with Gasteiger partial charge in [0.15, 0.2) is 6.10 Å². The first-order valence-electron chi connectivity index (χ1n) is 7.79. The number of carbonyl (C=O) groups excluding carboxylic acids is 1. The first-order valence-corrected chi connectivity index (χ1v) is 8.17. The van der Waals surface area contributed by atoms with Crippen molar-refractivity contribution in [2.45, 2.75) is 19.4 Å². The van der Waals surface area contributed by atoms with E-state index >= 15 is 0 Å². The van der Waals surface area contributed by atoms with Crippen LogP contribution in [0.1, 0.15) is 12.6 Å². The Morgan fingerprint density at radius 1 is 1.29 bits per heavy atom. The van der Waals surface area contributed by atoms with E-state index in [2.05, 4.69) is 10.3 Å². The normalized spacial score (nSPS) is 13.1. The number of para-hydroxylation sites is 1.